The van der Waals surface area contributed by atoms with Crippen molar-refractivity contribution in [3.05, 3.63) is 49.6 Å². The van der Waals surface area contributed by atoms with Crippen molar-refractivity contribution < 1.29 is 38.4 Å². The zero-order valence-electron chi connectivity index (χ0n) is 31.4. The molecule has 0 atom stereocenters. The van der Waals surface area contributed by atoms with Crippen LogP contribution in [-0.4, -0.2) is 86.0 Å². The van der Waals surface area contributed by atoms with Crippen LogP contribution in [0.2, 0.25) is 0 Å². The highest BCUT2D eigenvalue weighted by atomic mass is 32.1. The second-order valence-electron chi connectivity index (χ2n) is 11.8. The van der Waals surface area contributed by atoms with E-state index in [1.165, 1.54) is 32.6 Å². The summed E-state index contributed by atoms with van der Waals surface area (Å²) in [7, 11) is 0. The quantitative estimate of drug-likeness (QED) is 0.0219. The molecule has 0 saturated heterocycles. The van der Waals surface area contributed by atoms with E-state index in [-0.39, 0.29) is 59.2 Å². The third-order valence-corrected chi connectivity index (χ3v) is 8.62. The second kappa shape index (κ2) is 26.0. The highest BCUT2D eigenvalue weighted by Crippen LogP contribution is 2.43. The van der Waals surface area contributed by atoms with Crippen molar-refractivity contribution in [3.8, 4) is 6.07 Å². The van der Waals surface area contributed by atoms with Gasteiger partial charge >= 0.3 is 16.7 Å². The molecule has 0 bridgehead atoms. The molecule has 2 aromatic rings. The predicted molar refractivity (Wildman–Crippen MR) is 203 cm³/mol. The first-order valence-electron chi connectivity index (χ1n) is 17.9. The number of carbonyl (C=O) groups is 2. The molecule has 0 aliphatic heterocycles. The summed E-state index contributed by atoms with van der Waals surface area (Å²) in [5.74, 6) is -0.523. The maximum absolute atomic E-state index is 12.0. The Bertz CT molecular complexity index is 1630. The molecular weight excluding hydrogens is 724 g/mol. The largest absolute Gasteiger partial charge is 0.463 e. The number of hydrogen-bond donors (Lipinski definition) is 1. The van der Waals surface area contributed by atoms with Gasteiger partial charge in [-0.15, -0.1) is 10.2 Å². The number of nitrogens with zero attached hydrogens (tertiary/aromatic N) is 7. The van der Waals surface area contributed by atoms with Crippen molar-refractivity contribution in [2.45, 2.75) is 79.1 Å². The first kappa shape index (κ1) is 45.3. The molecule has 1 amide bonds. The molecule has 2 heterocycles. The molecule has 0 aliphatic rings. The van der Waals surface area contributed by atoms with Gasteiger partial charge in [0, 0.05) is 32.0 Å². The minimum Gasteiger partial charge on any atom is -0.463 e. The smallest absolute Gasteiger partial charge is 0.333 e. The Balaban J connectivity index is 1.79. The van der Waals surface area contributed by atoms with Crippen LogP contribution < -0.4 is 10.2 Å². The average Bonchev–Trinajstić information content (AvgIpc) is 3.57. The molecule has 1 N–H and O–H groups in total. The van der Waals surface area contributed by atoms with E-state index in [1.54, 1.807) is 11.8 Å². The van der Waals surface area contributed by atoms with Gasteiger partial charge in [-0.05, 0) is 50.9 Å². The summed E-state index contributed by atoms with van der Waals surface area (Å²) in [5.41, 5.74) is -0.236. The molecule has 54 heavy (non-hydrogen) atoms. The van der Waals surface area contributed by atoms with Gasteiger partial charge in [0.25, 0.3) is 0 Å². The number of pyridine rings is 1. The lowest BCUT2D eigenvalue weighted by Gasteiger charge is -2.25. The molecule has 18 nitrogen and oxygen atoms in total. The highest BCUT2D eigenvalue weighted by Gasteiger charge is 2.26. The van der Waals surface area contributed by atoms with Crippen molar-refractivity contribution in [1.82, 2.24) is 4.98 Å². The fourth-order valence-electron chi connectivity index (χ4n) is 4.87. The fourth-order valence-corrected chi connectivity index (χ4v) is 5.63. The minimum absolute atomic E-state index is 0.0347. The van der Waals surface area contributed by atoms with Crippen LogP contribution in [0.15, 0.2) is 28.4 Å². The summed E-state index contributed by atoms with van der Waals surface area (Å²) in [6, 6.07) is 2.89. The summed E-state index contributed by atoms with van der Waals surface area (Å²) in [4.78, 5) is 51.2. The number of anilines is 2. The molecule has 296 valence electrons. The molecule has 0 spiro atoms. The minimum atomic E-state index is -0.815. The average molecular weight is 775 g/mol. The van der Waals surface area contributed by atoms with Crippen LogP contribution in [0.25, 0.3) is 0 Å². The number of unbranched alkanes of at least 4 members (excludes halogenated alkanes) is 5. The second-order valence-corrected chi connectivity index (χ2v) is 12.8. The zero-order valence-corrected chi connectivity index (χ0v) is 32.2. The van der Waals surface area contributed by atoms with E-state index in [4.69, 9.17) is 18.9 Å². The van der Waals surface area contributed by atoms with Gasteiger partial charge in [0.05, 0.1) is 55.1 Å². The SMILES string of the molecule is CCCCCC/C=C/CCCC(=O)OCCOCCOCCOCCN(CC)c1nc(NC(C)=O)c(/N=N/c2sc([N+](=O)[O-])cc2[N+](=O)[O-])c(C)c1C#N. The number of nitriles is 1. The van der Waals surface area contributed by atoms with Crippen molar-refractivity contribution in [1.29, 1.82) is 5.26 Å². The number of amides is 1. The Hall–Kier alpha value is -4.90. The number of aromatic nitrogens is 1. The Kier molecular flexibility index (Phi) is 21.8. The standard InChI is InChI=1S/C35H50N8O10S/c1-5-7-8-9-10-11-12-13-14-15-31(45)53-23-22-52-21-20-51-19-18-50-17-16-41(6-2)34-28(25-36)26(3)32(33(38-34)37-27(4)44)39-40-35-29(42(46)47)24-30(54-35)43(48)49/h11-12,24H,5-10,13-23H2,1-4H3,(H,37,38,44)/b12-11+,40-39+. The molecule has 0 fully saturated rings. The summed E-state index contributed by atoms with van der Waals surface area (Å²) >= 11 is 0.462. The molecule has 2 aromatic heterocycles. The van der Waals surface area contributed by atoms with Crippen molar-refractivity contribution in [2.24, 2.45) is 10.2 Å². The number of nitro groups is 2. The first-order chi connectivity index (χ1) is 26.0. The van der Waals surface area contributed by atoms with Crippen molar-refractivity contribution in [2.75, 3.05) is 69.6 Å². The van der Waals surface area contributed by atoms with Crippen LogP contribution in [0, 0.1) is 38.5 Å². The van der Waals surface area contributed by atoms with E-state index in [0.29, 0.717) is 57.3 Å². The number of carbonyl (C=O) groups excluding carboxylic acids is 2. The Morgan fingerprint density at radius 1 is 0.963 bits per heavy atom. The predicted octanol–water partition coefficient (Wildman–Crippen LogP) is 7.63. The first-order valence-corrected chi connectivity index (χ1v) is 18.7. The van der Waals surface area contributed by atoms with Gasteiger partial charge in [-0.25, -0.2) is 4.98 Å². The number of likely N-dealkylation sites (N-methyl/N-ethyl adjacent to an activating group) is 1. The number of thiophene rings is 1. The lowest BCUT2D eigenvalue weighted by Crippen LogP contribution is -2.30. The molecular formula is C35H50N8O10S. The zero-order chi connectivity index (χ0) is 39.7. The van der Waals surface area contributed by atoms with Crippen molar-refractivity contribution >= 4 is 56.2 Å². The normalized spacial score (nSPS) is 11.2. The van der Waals surface area contributed by atoms with Crippen LogP contribution in [0.1, 0.15) is 83.3 Å². The molecule has 0 aromatic carbocycles. The molecule has 0 aliphatic carbocycles. The fraction of sp³-hybridized carbons (Fsp3) is 0.600. The Labute approximate surface area is 318 Å². The van der Waals surface area contributed by atoms with E-state index < -0.39 is 26.4 Å². The topological polar surface area (TPSA) is 234 Å². The maximum atomic E-state index is 12.0. The summed E-state index contributed by atoms with van der Waals surface area (Å²) < 4.78 is 21.9. The Morgan fingerprint density at radius 3 is 2.20 bits per heavy atom. The van der Waals surface area contributed by atoms with Gasteiger partial charge in [-0.3, -0.25) is 29.8 Å². The number of azo groups is 1. The summed E-state index contributed by atoms with van der Waals surface area (Å²) in [6.07, 6.45) is 12.4. The van der Waals surface area contributed by atoms with Gasteiger partial charge in [0.2, 0.25) is 10.9 Å². The monoisotopic (exact) mass is 774 g/mol. The van der Waals surface area contributed by atoms with Gasteiger partial charge in [0.15, 0.2) is 5.82 Å². The van der Waals surface area contributed by atoms with Crippen LogP contribution in [0.4, 0.5) is 33.0 Å². The van der Waals surface area contributed by atoms with E-state index in [1.807, 2.05) is 6.92 Å². The third kappa shape index (κ3) is 16.4. The number of ether oxygens (including phenoxy) is 4. The molecule has 2 rings (SSSR count). The molecule has 19 heteroatoms. The van der Waals surface area contributed by atoms with Crippen LogP contribution in [0.5, 0.6) is 0 Å². The number of rotatable bonds is 28. The van der Waals surface area contributed by atoms with Crippen LogP contribution >= 0.6 is 11.3 Å². The number of allylic oxidation sites excluding steroid dienone is 2. The van der Waals surface area contributed by atoms with E-state index >= 15 is 0 Å². The lowest BCUT2D eigenvalue weighted by atomic mass is 10.1. The van der Waals surface area contributed by atoms with Crippen molar-refractivity contribution in [3.63, 3.8) is 0 Å². The van der Waals surface area contributed by atoms with Crippen LogP contribution in [0.3, 0.4) is 0 Å². The molecule has 0 unspecified atom stereocenters. The van der Waals surface area contributed by atoms with E-state index in [9.17, 15) is 35.1 Å². The lowest BCUT2D eigenvalue weighted by molar-refractivity contribution is -0.389. The summed E-state index contributed by atoms with van der Waals surface area (Å²) in [5, 5.41) is 42.3. The summed E-state index contributed by atoms with van der Waals surface area (Å²) in [6.45, 7) is 9.64. The van der Waals surface area contributed by atoms with Gasteiger partial charge in [0.1, 0.15) is 30.2 Å². The number of esters is 1. The number of hydrogen-bond acceptors (Lipinski definition) is 16. The van der Waals surface area contributed by atoms with E-state index in [0.717, 1.165) is 25.3 Å². The van der Waals surface area contributed by atoms with Gasteiger partial charge in [-0.2, -0.15) is 5.26 Å². The Morgan fingerprint density at radius 2 is 1.61 bits per heavy atom. The maximum Gasteiger partial charge on any atom is 0.333 e. The molecule has 0 saturated carbocycles. The third-order valence-electron chi connectivity index (χ3n) is 7.66. The number of nitrogens with one attached hydrogen (secondary N) is 1. The van der Waals surface area contributed by atoms with Gasteiger partial charge < -0.3 is 29.2 Å². The van der Waals surface area contributed by atoms with Crippen LogP contribution in [-0.2, 0) is 28.5 Å². The highest BCUT2D eigenvalue weighted by molar-refractivity contribution is 7.19. The molecule has 0 radical (unpaired) electrons. The van der Waals surface area contributed by atoms with E-state index in [2.05, 4.69) is 45.7 Å². The van der Waals surface area contributed by atoms with Gasteiger partial charge in [-0.1, -0.05) is 38.3 Å².